The SMILES string of the molecule is NNc1ncc(CSCc2ccccc2)s1. The fourth-order valence-electron chi connectivity index (χ4n) is 1.28. The molecule has 0 amide bonds. The maximum Gasteiger partial charge on any atom is 0.197 e. The Morgan fingerprint density at radius 1 is 1.25 bits per heavy atom. The van der Waals surface area contributed by atoms with Crippen LogP contribution >= 0.6 is 23.1 Å². The minimum Gasteiger partial charge on any atom is -0.300 e. The van der Waals surface area contributed by atoms with Gasteiger partial charge in [-0.2, -0.15) is 11.8 Å². The molecule has 1 aromatic heterocycles. The molecule has 0 aliphatic heterocycles. The van der Waals surface area contributed by atoms with Gasteiger partial charge in [0.15, 0.2) is 5.13 Å². The van der Waals surface area contributed by atoms with Gasteiger partial charge in [-0.15, -0.1) is 11.3 Å². The number of thiazole rings is 1. The van der Waals surface area contributed by atoms with Crippen LogP contribution in [0.3, 0.4) is 0 Å². The predicted octanol–water partition coefficient (Wildman–Crippen LogP) is 2.86. The number of nitrogens with one attached hydrogen (secondary N) is 1. The molecule has 0 atom stereocenters. The van der Waals surface area contributed by atoms with E-state index >= 15 is 0 Å². The molecule has 0 aliphatic carbocycles. The zero-order valence-electron chi connectivity index (χ0n) is 8.72. The van der Waals surface area contributed by atoms with Gasteiger partial charge in [0.05, 0.1) is 0 Å². The van der Waals surface area contributed by atoms with Gasteiger partial charge in [0.1, 0.15) is 0 Å². The molecule has 0 fully saturated rings. The van der Waals surface area contributed by atoms with Gasteiger partial charge in [-0.25, -0.2) is 10.8 Å². The lowest BCUT2D eigenvalue weighted by Crippen LogP contribution is -2.05. The van der Waals surface area contributed by atoms with Crippen LogP contribution in [0.25, 0.3) is 0 Å². The molecule has 0 radical (unpaired) electrons. The first-order chi connectivity index (χ1) is 7.88. The van der Waals surface area contributed by atoms with Crippen LogP contribution in [0.15, 0.2) is 36.5 Å². The Morgan fingerprint density at radius 3 is 2.75 bits per heavy atom. The Hall–Kier alpha value is -1.04. The summed E-state index contributed by atoms with van der Waals surface area (Å²) < 4.78 is 0. The second-order valence-electron chi connectivity index (χ2n) is 3.25. The van der Waals surface area contributed by atoms with Crippen molar-refractivity contribution in [2.45, 2.75) is 11.5 Å². The molecule has 84 valence electrons. The van der Waals surface area contributed by atoms with Crippen LogP contribution in [0.4, 0.5) is 5.13 Å². The van der Waals surface area contributed by atoms with Gasteiger partial charge in [-0.3, -0.25) is 5.43 Å². The Balaban J connectivity index is 1.80. The zero-order valence-corrected chi connectivity index (χ0v) is 10.4. The van der Waals surface area contributed by atoms with Gasteiger partial charge in [-0.1, -0.05) is 30.3 Å². The van der Waals surface area contributed by atoms with E-state index in [2.05, 4.69) is 34.7 Å². The van der Waals surface area contributed by atoms with Gasteiger partial charge in [0, 0.05) is 22.6 Å². The van der Waals surface area contributed by atoms with Crippen LogP contribution in [-0.2, 0) is 11.5 Å². The van der Waals surface area contributed by atoms with Gasteiger partial charge in [0.2, 0.25) is 0 Å². The Bertz CT molecular complexity index is 428. The van der Waals surface area contributed by atoms with Crippen LogP contribution in [0.1, 0.15) is 10.4 Å². The molecule has 3 N–H and O–H groups in total. The number of nitrogens with zero attached hydrogens (tertiary/aromatic N) is 1. The summed E-state index contributed by atoms with van der Waals surface area (Å²) in [5.74, 6) is 7.29. The molecule has 1 aromatic carbocycles. The van der Waals surface area contributed by atoms with Gasteiger partial charge < -0.3 is 0 Å². The number of thioether (sulfide) groups is 1. The van der Waals surface area contributed by atoms with Crippen LogP contribution in [-0.4, -0.2) is 4.98 Å². The molecule has 0 spiro atoms. The number of nitrogen functional groups attached to an aromatic ring is 1. The van der Waals surface area contributed by atoms with Gasteiger partial charge in [0.25, 0.3) is 0 Å². The largest absolute Gasteiger partial charge is 0.300 e. The predicted molar refractivity (Wildman–Crippen MR) is 71.4 cm³/mol. The number of rotatable bonds is 5. The number of anilines is 1. The van der Waals surface area contributed by atoms with E-state index in [0.29, 0.717) is 0 Å². The Kier molecular flexibility index (Phi) is 4.21. The highest BCUT2D eigenvalue weighted by Gasteiger charge is 2.00. The van der Waals surface area contributed by atoms with Crippen molar-refractivity contribution >= 4 is 28.2 Å². The summed E-state index contributed by atoms with van der Waals surface area (Å²) in [4.78, 5) is 5.37. The minimum absolute atomic E-state index is 0.773. The van der Waals surface area contributed by atoms with Crippen LogP contribution in [0.2, 0.25) is 0 Å². The lowest BCUT2D eigenvalue weighted by Gasteiger charge is -1.99. The topological polar surface area (TPSA) is 50.9 Å². The van der Waals surface area contributed by atoms with Crippen molar-refractivity contribution < 1.29 is 0 Å². The monoisotopic (exact) mass is 251 g/mol. The number of hydrogen-bond donors (Lipinski definition) is 2. The van der Waals surface area contributed by atoms with Crippen molar-refractivity contribution in [3.63, 3.8) is 0 Å². The summed E-state index contributed by atoms with van der Waals surface area (Å²) in [6, 6.07) is 10.5. The van der Waals surface area contributed by atoms with Crippen molar-refractivity contribution in [3.05, 3.63) is 47.0 Å². The second-order valence-corrected chi connectivity index (χ2v) is 5.36. The molecule has 16 heavy (non-hydrogen) atoms. The molecular formula is C11H13N3S2. The first kappa shape index (κ1) is 11.4. The number of benzene rings is 1. The third-order valence-electron chi connectivity index (χ3n) is 2.03. The maximum absolute atomic E-state index is 5.27. The first-order valence-electron chi connectivity index (χ1n) is 4.91. The van der Waals surface area contributed by atoms with E-state index in [1.807, 2.05) is 24.0 Å². The van der Waals surface area contributed by atoms with Gasteiger partial charge >= 0.3 is 0 Å². The minimum atomic E-state index is 0.773. The summed E-state index contributed by atoms with van der Waals surface area (Å²) in [6.45, 7) is 0. The molecule has 0 aliphatic rings. The number of hydrazine groups is 1. The molecule has 0 saturated heterocycles. The van der Waals surface area contributed by atoms with E-state index in [9.17, 15) is 0 Å². The highest BCUT2D eigenvalue weighted by molar-refractivity contribution is 7.97. The van der Waals surface area contributed by atoms with Gasteiger partial charge in [-0.05, 0) is 5.56 Å². The van der Waals surface area contributed by atoms with Crippen LogP contribution in [0.5, 0.6) is 0 Å². The summed E-state index contributed by atoms with van der Waals surface area (Å²) in [7, 11) is 0. The van der Waals surface area contributed by atoms with E-state index in [-0.39, 0.29) is 0 Å². The summed E-state index contributed by atoms with van der Waals surface area (Å²) in [6.07, 6.45) is 1.87. The Labute approximate surface area is 103 Å². The number of aromatic nitrogens is 1. The summed E-state index contributed by atoms with van der Waals surface area (Å²) >= 11 is 3.49. The first-order valence-corrected chi connectivity index (χ1v) is 6.88. The normalized spacial score (nSPS) is 10.3. The van der Waals surface area contributed by atoms with Crippen LogP contribution in [0, 0.1) is 0 Å². The zero-order chi connectivity index (χ0) is 11.2. The van der Waals surface area contributed by atoms with E-state index < -0.39 is 0 Å². The van der Waals surface area contributed by atoms with Crippen molar-refractivity contribution in [1.29, 1.82) is 0 Å². The molecule has 5 heteroatoms. The molecule has 0 unspecified atom stereocenters. The molecular weight excluding hydrogens is 238 g/mol. The molecule has 2 rings (SSSR count). The maximum atomic E-state index is 5.27. The van der Waals surface area contributed by atoms with E-state index in [1.54, 1.807) is 11.3 Å². The second kappa shape index (κ2) is 5.89. The smallest absolute Gasteiger partial charge is 0.197 e. The molecule has 0 saturated carbocycles. The number of nitrogens with two attached hydrogens (primary N) is 1. The highest BCUT2D eigenvalue weighted by atomic mass is 32.2. The average molecular weight is 251 g/mol. The van der Waals surface area contributed by atoms with Crippen molar-refractivity contribution in [3.8, 4) is 0 Å². The standard InChI is InChI=1S/C11H13N3S2/c12-14-11-13-6-10(16-11)8-15-7-9-4-2-1-3-5-9/h1-6H,7-8,12H2,(H,13,14). The molecule has 1 heterocycles. The third kappa shape index (κ3) is 3.23. The Morgan fingerprint density at radius 2 is 2.06 bits per heavy atom. The summed E-state index contributed by atoms with van der Waals surface area (Å²) in [5.41, 5.74) is 3.91. The fourth-order valence-corrected chi connectivity index (χ4v) is 3.09. The average Bonchev–Trinajstić information content (AvgIpc) is 2.78. The molecule has 3 nitrogen and oxygen atoms in total. The summed E-state index contributed by atoms with van der Waals surface area (Å²) in [5, 5.41) is 0.773. The number of hydrogen-bond acceptors (Lipinski definition) is 5. The fraction of sp³-hybridized carbons (Fsp3) is 0.182. The highest BCUT2D eigenvalue weighted by Crippen LogP contribution is 2.23. The van der Waals surface area contributed by atoms with Crippen molar-refractivity contribution in [1.82, 2.24) is 4.98 Å². The molecule has 2 aromatic rings. The van der Waals surface area contributed by atoms with E-state index in [4.69, 9.17) is 5.84 Å². The quantitative estimate of drug-likeness (QED) is 0.634. The van der Waals surface area contributed by atoms with E-state index in [1.165, 1.54) is 10.4 Å². The van der Waals surface area contributed by atoms with Crippen molar-refractivity contribution in [2.75, 3.05) is 5.43 Å². The van der Waals surface area contributed by atoms with E-state index in [0.717, 1.165) is 16.6 Å². The molecule has 0 bridgehead atoms. The van der Waals surface area contributed by atoms with Crippen LogP contribution < -0.4 is 11.3 Å². The lowest BCUT2D eigenvalue weighted by atomic mass is 10.2. The van der Waals surface area contributed by atoms with Crippen molar-refractivity contribution in [2.24, 2.45) is 5.84 Å². The lowest BCUT2D eigenvalue weighted by molar-refractivity contribution is 1.28. The third-order valence-corrected chi connectivity index (χ3v) is 4.20.